The van der Waals surface area contributed by atoms with Gasteiger partial charge in [0.25, 0.3) is 5.91 Å². The summed E-state index contributed by atoms with van der Waals surface area (Å²) in [6, 6.07) is -4.16. The SMILES string of the molecule is O=C(O)CC[C@H](NC(=O)N[C@@H](CCCCNC(=O)C(=O)C[C@@H](CCCCN(Cc1nccn1CC(=O)O)Cc1nccn1CC(=O)O)C(=O)O)C(=O)O)C(=O)O. The van der Waals surface area contributed by atoms with Crippen molar-refractivity contribution in [3.05, 3.63) is 36.4 Å². The van der Waals surface area contributed by atoms with Gasteiger partial charge in [0, 0.05) is 44.2 Å². The highest BCUT2D eigenvalue weighted by Crippen LogP contribution is 2.17. The van der Waals surface area contributed by atoms with E-state index in [1.54, 1.807) is 0 Å². The monoisotopic (exact) mass is 794 g/mol. The lowest BCUT2D eigenvalue weighted by molar-refractivity contribution is -0.146. The van der Waals surface area contributed by atoms with E-state index in [-0.39, 0.29) is 58.4 Å². The van der Waals surface area contributed by atoms with Gasteiger partial charge in [0.1, 0.15) is 36.8 Å². The Labute approximate surface area is 318 Å². The molecule has 0 radical (unpaired) electrons. The molecule has 56 heavy (non-hydrogen) atoms. The lowest BCUT2D eigenvalue weighted by Crippen LogP contribution is -2.51. The molecule has 0 aliphatic rings. The van der Waals surface area contributed by atoms with Gasteiger partial charge in [-0.05, 0) is 45.1 Å². The van der Waals surface area contributed by atoms with Gasteiger partial charge >= 0.3 is 41.8 Å². The van der Waals surface area contributed by atoms with E-state index in [0.717, 1.165) is 0 Å². The Kier molecular flexibility index (Phi) is 19.1. The molecule has 2 aromatic heterocycles. The van der Waals surface area contributed by atoms with Crippen LogP contribution < -0.4 is 16.0 Å². The molecule has 23 heteroatoms. The Morgan fingerprint density at radius 1 is 0.643 bits per heavy atom. The van der Waals surface area contributed by atoms with Crippen molar-refractivity contribution in [2.45, 2.75) is 96.1 Å². The van der Waals surface area contributed by atoms with Crippen molar-refractivity contribution in [3.63, 3.8) is 0 Å². The number of aromatic nitrogens is 4. The summed E-state index contributed by atoms with van der Waals surface area (Å²) in [4.78, 5) is 116. The Bertz CT molecular complexity index is 1650. The van der Waals surface area contributed by atoms with Gasteiger partial charge in [-0.2, -0.15) is 0 Å². The summed E-state index contributed by atoms with van der Waals surface area (Å²) in [6.07, 6.45) is 5.23. The fourth-order valence-electron chi connectivity index (χ4n) is 5.45. The van der Waals surface area contributed by atoms with Gasteiger partial charge in [-0.3, -0.25) is 33.7 Å². The van der Waals surface area contributed by atoms with Gasteiger partial charge in [0.15, 0.2) is 0 Å². The average Bonchev–Trinajstić information content (AvgIpc) is 3.73. The van der Waals surface area contributed by atoms with E-state index in [0.29, 0.717) is 31.0 Å². The number of carboxylic acid groups (broad SMARTS) is 6. The Morgan fingerprint density at radius 2 is 1.16 bits per heavy atom. The number of unbranched alkanes of at least 4 members (excludes halogenated alkanes) is 2. The molecule has 0 spiro atoms. The zero-order valence-corrected chi connectivity index (χ0v) is 30.2. The molecule has 9 N–H and O–H groups in total. The molecule has 2 rings (SSSR count). The van der Waals surface area contributed by atoms with Crippen LogP contribution in [0, 0.1) is 5.92 Å². The number of amides is 3. The van der Waals surface area contributed by atoms with Crippen LogP contribution in [0.3, 0.4) is 0 Å². The summed E-state index contributed by atoms with van der Waals surface area (Å²) in [7, 11) is 0. The number of imidazole rings is 2. The highest BCUT2D eigenvalue weighted by Gasteiger charge is 2.27. The van der Waals surface area contributed by atoms with Crippen LogP contribution in [0.25, 0.3) is 0 Å². The normalized spacial score (nSPS) is 12.6. The third-order valence-corrected chi connectivity index (χ3v) is 8.31. The van der Waals surface area contributed by atoms with E-state index in [4.69, 9.17) is 10.2 Å². The second-order valence-electron chi connectivity index (χ2n) is 12.7. The van der Waals surface area contributed by atoms with Crippen molar-refractivity contribution < 1.29 is 73.8 Å². The van der Waals surface area contributed by atoms with Crippen molar-refractivity contribution in [2.75, 3.05) is 13.1 Å². The first-order valence-corrected chi connectivity index (χ1v) is 17.4. The standard InChI is InChI=1S/C33H46N8O15/c42-23(29(49)36-9-3-1-6-21(31(52)53)37-33(56)38-22(32(54)55)7-8-26(43)44)15-20(30(50)51)5-2-4-12-39(16-24-34-10-13-40(24)18-27(45)46)17-25-35-11-14-41(25)19-28(47)48/h10-11,13-14,20-22H,1-9,12,15-19H2,(H,36,49)(H,43,44)(H,45,46)(H,47,48)(H,50,51)(H,52,53)(H,54,55)(H2,37,38,56)/t20-,21+,22+/m1/s1. The van der Waals surface area contributed by atoms with Crippen LogP contribution in [-0.2, 0) is 64.5 Å². The molecule has 0 saturated heterocycles. The third-order valence-electron chi connectivity index (χ3n) is 8.31. The molecule has 0 fully saturated rings. The number of carboxylic acids is 6. The van der Waals surface area contributed by atoms with Gasteiger partial charge in [0.05, 0.1) is 19.0 Å². The molecule has 0 bridgehead atoms. The molecule has 2 aromatic rings. The first kappa shape index (κ1) is 45.8. The number of aliphatic carboxylic acids is 6. The quantitative estimate of drug-likeness (QED) is 0.0368. The van der Waals surface area contributed by atoms with Gasteiger partial charge in [-0.15, -0.1) is 0 Å². The van der Waals surface area contributed by atoms with Crippen LogP contribution in [0.15, 0.2) is 24.8 Å². The van der Waals surface area contributed by atoms with Crippen LogP contribution in [0.5, 0.6) is 0 Å². The van der Waals surface area contributed by atoms with E-state index in [1.165, 1.54) is 33.9 Å². The van der Waals surface area contributed by atoms with Crippen molar-refractivity contribution in [1.29, 1.82) is 0 Å². The number of hydrogen-bond acceptors (Lipinski definition) is 12. The minimum atomic E-state index is -1.57. The maximum absolute atomic E-state index is 12.6. The minimum absolute atomic E-state index is 0.0351. The minimum Gasteiger partial charge on any atom is -0.481 e. The largest absolute Gasteiger partial charge is 0.481 e. The molecule has 0 aliphatic carbocycles. The Hall–Kier alpha value is -6.39. The van der Waals surface area contributed by atoms with E-state index < -0.39 is 90.8 Å². The topological polar surface area (TPSA) is 350 Å². The molecule has 0 aliphatic heterocycles. The lowest BCUT2D eigenvalue weighted by Gasteiger charge is -2.23. The summed E-state index contributed by atoms with van der Waals surface area (Å²) >= 11 is 0. The number of carbonyl (C=O) groups is 9. The highest BCUT2D eigenvalue weighted by atomic mass is 16.4. The maximum Gasteiger partial charge on any atom is 0.326 e. The van der Waals surface area contributed by atoms with Gasteiger partial charge in [0.2, 0.25) is 5.78 Å². The fraction of sp³-hybridized carbons (Fsp3) is 0.545. The zero-order valence-electron chi connectivity index (χ0n) is 30.2. The summed E-state index contributed by atoms with van der Waals surface area (Å²) in [5, 5.41) is 62.0. The number of nitrogens with one attached hydrogen (secondary N) is 3. The van der Waals surface area contributed by atoms with Crippen LogP contribution in [0.2, 0.25) is 0 Å². The molecule has 308 valence electrons. The number of Topliss-reactive ketones (excluding diaryl/α,β-unsaturated/α-hetero) is 1. The smallest absolute Gasteiger partial charge is 0.326 e. The van der Waals surface area contributed by atoms with Gasteiger partial charge in [-0.25, -0.2) is 24.4 Å². The van der Waals surface area contributed by atoms with Crippen LogP contribution in [0.4, 0.5) is 4.79 Å². The molecule has 2 heterocycles. The predicted molar refractivity (Wildman–Crippen MR) is 187 cm³/mol. The molecule has 3 atom stereocenters. The van der Waals surface area contributed by atoms with Crippen molar-refractivity contribution in [1.82, 2.24) is 40.0 Å². The first-order valence-electron chi connectivity index (χ1n) is 17.4. The highest BCUT2D eigenvalue weighted by molar-refractivity contribution is 6.36. The van der Waals surface area contributed by atoms with Crippen molar-refractivity contribution in [2.24, 2.45) is 5.92 Å². The molecule has 3 amide bonds. The second kappa shape index (κ2) is 23.4. The number of nitrogens with zero attached hydrogens (tertiary/aromatic N) is 5. The van der Waals surface area contributed by atoms with Crippen LogP contribution in [-0.4, -0.2) is 133 Å². The van der Waals surface area contributed by atoms with E-state index >= 15 is 0 Å². The predicted octanol–water partition coefficient (Wildman–Crippen LogP) is -0.562. The van der Waals surface area contributed by atoms with Gasteiger partial charge in [-0.1, -0.05) is 6.42 Å². The number of carbonyl (C=O) groups excluding carboxylic acids is 3. The molecule has 0 saturated carbocycles. The fourth-order valence-corrected chi connectivity index (χ4v) is 5.45. The zero-order chi connectivity index (χ0) is 41.8. The van der Waals surface area contributed by atoms with E-state index in [2.05, 4.69) is 20.6 Å². The second-order valence-corrected chi connectivity index (χ2v) is 12.7. The summed E-state index contributed by atoms with van der Waals surface area (Å²) in [5.41, 5.74) is 0. The molecular weight excluding hydrogens is 748 g/mol. The third kappa shape index (κ3) is 17.2. The molecule has 23 nitrogen and oxygen atoms in total. The molecular formula is C33H46N8O15. The number of hydrogen-bond donors (Lipinski definition) is 9. The number of rotatable bonds is 29. The van der Waals surface area contributed by atoms with Gasteiger partial charge < -0.3 is 55.7 Å². The van der Waals surface area contributed by atoms with E-state index in [9.17, 15) is 63.6 Å². The average molecular weight is 795 g/mol. The Balaban J connectivity index is 1.86. The molecule has 0 aromatic carbocycles. The van der Waals surface area contributed by atoms with E-state index in [1.807, 2.05) is 10.2 Å². The number of urea groups is 1. The maximum atomic E-state index is 12.6. The lowest BCUT2D eigenvalue weighted by atomic mass is 9.95. The summed E-state index contributed by atoms with van der Waals surface area (Å²) < 4.78 is 2.88. The van der Waals surface area contributed by atoms with Crippen LogP contribution >= 0.6 is 0 Å². The summed E-state index contributed by atoms with van der Waals surface area (Å²) in [5.74, 6) is -10.0. The molecule has 0 unspecified atom stereocenters. The number of ketones is 1. The van der Waals surface area contributed by atoms with Crippen LogP contribution in [0.1, 0.15) is 69.4 Å². The summed E-state index contributed by atoms with van der Waals surface area (Å²) in [6.45, 7) is -0.0962. The van der Waals surface area contributed by atoms with Crippen molar-refractivity contribution >= 4 is 53.5 Å². The Morgan fingerprint density at radius 3 is 1.64 bits per heavy atom. The first-order chi connectivity index (χ1) is 26.5. The van der Waals surface area contributed by atoms with Crippen molar-refractivity contribution in [3.8, 4) is 0 Å².